The van der Waals surface area contributed by atoms with Crippen molar-refractivity contribution >= 4 is 17.7 Å². The number of carbonyl (C=O) groups is 1. The Morgan fingerprint density at radius 2 is 1.82 bits per heavy atom. The molecule has 0 unspecified atom stereocenters. The number of amides is 1. The molecule has 0 spiro atoms. The van der Waals surface area contributed by atoms with Crippen molar-refractivity contribution in [3.63, 3.8) is 0 Å². The van der Waals surface area contributed by atoms with Gasteiger partial charge < -0.3 is 10.4 Å². The van der Waals surface area contributed by atoms with Gasteiger partial charge in [0.05, 0.1) is 12.5 Å². The van der Waals surface area contributed by atoms with Crippen molar-refractivity contribution in [1.82, 2.24) is 5.32 Å². The highest BCUT2D eigenvalue weighted by Crippen LogP contribution is 2.18. The largest absolute Gasteiger partial charge is 0.387 e. The minimum absolute atomic E-state index is 0.151. The second-order valence-corrected chi connectivity index (χ2v) is 5.78. The van der Waals surface area contributed by atoms with Crippen molar-refractivity contribution < 1.29 is 14.3 Å². The molecule has 116 valence electrons. The van der Waals surface area contributed by atoms with E-state index in [4.69, 9.17) is 0 Å². The molecule has 2 aromatic rings. The summed E-state index contributed by atoms with van der Waals surface area (Å²) >= 11 is 1.63. The third-order valence-electron chi connectivity index (χ3n) is 3.27. The third-order valence-corrected chi connectivity index (χ3v) is 4.01. The minimum Gasteiger partial charge on any atom is -0.387 e. The predicted molar refractivity (Wildman–Crippen MR) is 86.3 cm³/mol. The molecule has 2 N–H and O–H groups in total. The maximum atomic E-state index is 12.8. The van der Waals surface area contributed by atoms with Gasteiger partial charge in [0, 0.05) is 11.4 Å². The fraction of sp³-hybridized carbons (Fsp3) is 0.235. The molecule has 0 aliphatic heterocycles. The summed E-state index contributed by atoms with van der Waals surface area (Å²) in [6, 6.07) is 13.4. The molecule has 2 rings (SSSR count). The lowest BCUT2D eigenvalue weighted by atomic mass is 10.1. The van der Waals surface area contributed by atoms with Crippen molar-refractivity contribution in [2.75, 3.05) is 12.8 Å². The van der Waals surface area contributed by atoms with Crippen LogP contribution >= 0.6 is 11.8 Å². The summed E-state index contributed by atoms with van der Waals surface area (Å²) in [7, 11) is 0. The molecular formula is C17H18FNO2S. The smallest absolute Gasteiger partial charge is 0.224 e. The topological polar surface area (TPSA) is 49.3 Å². The summed E-state index contributed by atoms with van der Waals surface area (Å²) in [5, 5.41) is 12.7. The monoisotopic (exact) mass is 319 g/mol. The van der Waals surface area contributed by atoms with Crippen LogP contribution in [0, 0.1) is 5.82 Å². The Morgan fingerprint density at radius 1 is 1.18 bits per heavy atom. The lowest BCUT2D eigenvalue weighted by molar-refractivity contribution is -0.120. The first kappa shape index (κ1) is 16.5. The maximum Gasteiger partial charge on any atom is 0.224 e. The van der Waals surface area contributed by atoms with E-state index in [1.54, 1.807) is 23.9 Å². The fourth-order valence-corrected chi connectivity index (χ4v) is 2.41. The lowest BCUT2D eigenvalue weighted by Crippen LogP contribution is -2.29. The molecule has 2 aromatic carbocycles. The van der Waals surface area contributed by atoms with Crippen LogP contribution in [0.1, 0.15) is 17.2 Å². The lowest BCUT2D eigenvalue weighted by Gasteiger charge is -2.13. The highest BCUT2D eigenvalue weighted by atomic mass is 32.2. The molecule has 1 amide bonds. The number of aliphatic hydroxyl groups is 1. The Kier molecular flexibility index (Phi) is 5.98. The van der Waals surface area contributed by atoms with E-state index in [9.17, 15) is 14.3 Å². The summed E-state index contributed by atoms with van der Waals surface area (Å²) in [6.45, 7) is 0.151. The number of rotatable bonds is 6. The zero-order valence-electron chi connectivity index (χ0n) is 12.3. The first-order valence-corrected chi connectivity index (χ1v) is 8.14. The summed E-state index contributed by atoms with van der Waals surface area (Å²) < 4.78 is 12.8. The number of benzene rings is 2. The number of thioether (sulfide) groups is 1. The van der Waals surface area contributed by atoms with Crippen molar-refractivity contribution in [3.8, 4) is 0 Å². The molecule has 0 saturated heterocycles. The zero-order chi connectivity index (χ0) is 15.9. The molecule has 0 aromatic heterocycles. The first-order chi connectivity index (χ1) is 10.6. The fourth-order valence-electron chi connectivity index (χ4n) is 2.00. The van der Waals surface area contributed by atoms with Gasteiger partial charge in [-0.2, -0.15) is 0 Å². The van der Waals surface area contributed by atoms with E-state index in [1.165, 1.54) is 12.1 Å². The molecule has 0 radical (unpaired) electrons. The molecular weight excluding hydrogens is 301 g/mol. The summed E-state index contributed by atoms with van der Waals surface area (Å²) in [4.78, 5) is 12.9. The van der Waals surface area contributed by atoms with Crippen LogP contribution in [0.4, 0.5) is 4.39 Å². The van der Waals surface area contributed by atoms with E-state index in [-0.39, 0.29) is 24.7 Å². The van der Waals surface area contributed by atoms with Gasteiger partial charge in [0.15, 0.2) is 0 Å². The van der Waals surface area contributed by atoms with Gasteiger partial charge in [-0.15, -0.1) is 11.8 Å². The van der Waals surface area contributed by atoms with Crippen molar-refractivity contribution in [3.05, 3.63) is 65.5 Å². The van der Waals surface area contributed by atoms with E-state index in [1.807, 2.05) is 30.5 Å². The molecule has 3 nitrogen and oxygen atoms in total. The van der Waals surface area contributed by atoms with Gasteiger partial charge in [-0.25, -0.2) is 4.39 Å². The van der Waals surface area contributed by atoms with E-state index in [0.717, 1.165) is 16.0 Å². The Balaban J connectivity index is 1.83. The summed E-state index contributed by atoms with van der Waals surface area (Å²) in [5.41, 5.74) is 1.50. The SMILES string of the molecule is CSc1ccc([C@H](O)CNC(=O)Cc2ccc(F)cc2)cc1. The Labute approximate surface area is 133 Å². The predicted octanol–water partition coefficient (Wildman–Crippen LogP) is 2.94. The number of halogens is 1. The van der Waals surface area contributed by atoms with Gasteiger partial charge in [-0.05, 0) is 41.6 Å². The second-order valence-electron chi connectivity index (χ2n) is 4.90. The maximum absolute atomic E-state index is 12.8. The highest BCUT2D eigenvalue weighted by Gasteiger charge is 2.10. The summed E-state index contributed by atoms with van der Waals surface area (Å²) in [5.74, 6) is -0.528. The molecule has 0 aliphatic rings. The Bertz CT molecular complexity index is 614. The van der Waals surface area contributed by atoms with E-state index < -0.39 is 6.10 Å². The van der Waals surface area contributed by atoms with Crippen LogP contribution in [0.2, 0.25) is 0 Å². The van der Waals surface area contributed by atoms with Crippen LogP contribution < -0.4 is 5.32 Å². The third kappa shape index (κ3) is 4.86. The van der Waals surface area contributed by atoms with Gasteiger partial charge in [0.2, 0.25) is 5.91 Å². The first-order valence-electron chi connectivity index (χ1n) is 6.91. The standard InChI is InChI=1S/C17H18FNO2S/c1-22-15-8-4-13(5-9-15)16(20)11-19-17(21)10-12-2-6-14(18)7-3-12/h2-9,16,20H,10-11H2,1H3,(H,19,21)/t16-/m1/s1. The Hall–Kier alpha value is -1.85. The van der Waals surface area contributed by atoms with Crippen LogP contribution in [0.25, 0.3) is 0 Å². The number of hydrogen-bond acceptors (Lipinski definition) is 3. The molecule has 1 atom stereocenters. The molecule has 0 fully saturated rings. The van der Waals surface area contributed by atoms with Crippen LogP contribution in [-0.2, 0) is 11.2 Å². The number of nitrogens with one attached hydrogen (secondary N) is 1. The van der Waals surface area contributed by atoms with Gasteiger partial charge >= 0.3 is 0 Å². The highest BCUT2D eigenvalue weighted by molar-refractivity contribution is 7.98. The number of carbonyl (C=O) groups excluding carboxylic acids is 1. The normalized spacial score (nSPS) is 12.0. The van der Waals surface area contributed by atoms with Crippen molar-refractivity contribution in [2.24, 2.45) is 0 Å². The van der Waals surface area contributed by atoms with Crippen LogP contribution in [0.15, 0.2) is 53.4 Å². The van der Waals surface area contributed by atoms with Gasteiger partial charge in [0.25, 0.3) is 0 Å². The van der Waals surface area contributed by atoms with Crippen LogP contribution in [0.5, 0.6) is 0 Å². The molecule has 0 bridgehead atoms. The zero-order valence-corrected chi connectivity index (χ0v) is 13.1. The summed E-state index contributed by atoms with van der Waals surface area (Å²) in [6.07, 6.45) is 1.41. The average molecular weight is 319 g/mol. The minimum atomic E-state index is -0.743. The average Bonchev–Trinajstić information content (AvgIpc) is 2.55. The van der Waals surface area contributed by atoms with Crippen LogP contribution in [0.3, 0.4) is 0 Å². The molecule has 5 heteroatoms. The molecule has 0 saturated carbocycles. The van der Waals surface area contributed by atoms with E-state index >= 15 is 0 Å². The van der Waals surface area contributed by atoms with Crippen LogP contribution in [-0.4, -0.2) is 23.8 Å². The van der Waals surface area contributed by atoms with Crippen molar-refractivity contribution in [2.45, 2.75) is 17.4 Å². The van der Waals surface area contributed by atoms with Gasteiger partial charge in [-0.3, -0.25) is 4.79 Å². The second kappa shape index (κ2) is 7.96. The molecule has 0 aliphatic carbocycles. The Morgan fingerprint density at radius 3 is 2.41 bits per heavy atom. The van der Waals surface area contributed by atoms with E-state index in [2.05, 4.69) is 5.32 Å². The van der Waals surface area contributed by atoms with Gasteiger partial charge in [-0.1, -0.05) is 24.3 Å². The molecule has 0 heterocycles. The number of aliphatic hydroxyl groups excluding tert-OH is 1. The quantitative estimate of drug-likeness (QED) is 0.805. The van der Waals surface area contributed by atoms with Gasteiger partial charge in [0.1, 0.15) is 5.82 Å². The molecule has 22 heavy (non-hydrogen) atoms. The number of hydrogen-bond donors (Lipinski definition) is 2. The van der Waals surface area contributed by atoms with E-state index in [0.29, 0.717) is 0 Å². The van der Waals surface area contributed by atoms with Crippen molar-refractivity contribution in [1.29, 1.82) is 0 Å².